The molecule has 1 saturated carbocycles. The summed E-state index contributed by atoms with van der Waals surface area (Å²) in [5.41, 5.74) is 2.54. The van der Waals surface area contributed by atoms with Crippen LogP contribution in [0.25, 0.3) is 0 Å². The predicted octanol–water partition coefficient (Wildman–Crippen LogP) is 3.06. The van der Waals surface area contributed by atoms with Gasteiger partial charge in [-0.3, -0.25) is 9.59 Å². The van der Waals surface area contributed by atoms with Gasteiger partial charge in [0.15, 0.2) is 0 Å². The van der Waals surface area contributed by atoms with Gasteiger partial charge in [0.1, 0.15) is 0 Å². The van der Waals surface area contributed by atoms with Gasteiger partial charge in [-0.2, -0.15) is 0 Å². The topological polar surface area (TPSA) is 70.2 Å². The maximum absolute atomic E-state index is 12.2. The van der Waals surface area contributed by atoms with E-state index in [1.54, 1.807) is 0 Å². The Morgan fingerprint density at radius 3 is 2.61 bits per heavy atom. The summed E-state index contributed by atoms with van der Waals surface area (Å²) in [6, 6.07) is 5.99. The number of amides is 2. The van der Waals surface area contributed by atoms with Crippen molar-refractivity contribution in [2.45, 2.75) is 52.5 Å². The summed E-state index contributed by atoms with van der Waals surface area (Å²) in [5, 5.41) is 9.04. The lowest BCUT2D eigenvalue weighted by Gasteiger charge is -2.29. The standard InChI is InChI=1S/C18H27N3O2/c1-12-8-9-16(20-14(3)22)17(10-12)19-11-18(23)21-15-7-5-4-6-13(15)2/h8-10,13,15,19H,4-7,11H2,1-3H3,(H,20,22)(H,21,23)/t13-,15-/m0/s1. The van der Waals surface area contributed by atoms with Crippen LogP contribution in [0.3, 0.4) is 0 Å². The zero-order valence-corrected chi connectivity index (χ0v) is 14.2. The third-order valence-corrected chi connectivity index (χ3v) is 4.38. The molecule has 0 bridgehead atoms. The van der Waals surface area contributed by atoms with Crippen LogP contribution in [0.15, 0.2) is 18.2 Å². The van der Waals surface area contributed by atoms with Crippen LogP contribution in [0, 0.1) is 12.8 Å². The minimum atomic E-state index is -0.127. The van der Waals surface area contributed by atoms with Crippen molar-refractivity contribution in [2.75, 3.05) is 17.2 Å². The molecule has 1 aromatic carbocycles. The summed E-state index contributed by atoms with van der Waals surface area (Å²) in [7, 11) is 0. The molecule has 2 amide bonds. The average Bonchev–Trinajstić information content (AvgIpc) is 2.49. The van der Waals surface area contributed by atoms with Crippen LogP contribution in [0.1, 0.15) is 45.1 Å². The molecule has 0 radical (unpaired) electrons. The number of hydrogen-bond acceptors (Lipinski definition) is 3. The molecule has 1 fully saturated rings. The van der Waals surface area contributed by atoms with E-state index in [4.69, 9.17) is 0 Å². The minimum absolute atomic E-state index is 0.000897. The first-order valence-corrected chi connectivity index (χ1v) is 8.37. The number of benzene rings is 1. The van der Waals surface area contributed by atoms with E-state index < -0.39 is 0 Å². The number of rotatable bonds is 5. The SMILES string of the molecule is CC(=O)Nc1ccc(C)cc1NCC(=O)N[C@H]1CCCC[C@@H]1C. The average molecular weight is 317 g/mol. The van der Waals surface area contributed by atoms with Gasteiger partial charge in [0.05, 0.1) is 17.9 Å². The molecular formula is C18H27N3O2. The number of nitrogens with one attached hydrogen (secondary N) is 3. The first-order valence-electron chi connectivity index (χ1n) is 8.37. The Morgan fingerprint density at radius 2 is 1.91 bits per heavy atom. The Bertz CT molecular complexity index is 571. The van der Waals surface area contributed by atoms with Crippen LogP contribution in [0.5, 0.6) is 0 Å². The van der Waals surface area contributed by atoms with E-state index in [9.17, 15) is 9.59 Å². The normalized spacial score (nSPS) is 20.7. The molecule has 1 aliphatic rings. The second-order valence-corrected chi connectivity index (χ2v) is 6.52. The Labute approximate surface area is 138 Å². The summed E-state index contributed by atoms with van der Waals surface area (Å²) < 4.78 is 0. The Balaban J connectivity index is 1.93. The van der Waals surface area contributed by atoms with E-state index in [2.05, 4.69) is 22.9 Å². The number of anilines is 2. The van der Waals surface area contributed by atoms with Crippen molar-refractivity contribution in [3.05, 3.63) is 23.8 Å². The lowest BCUT2D eigenvalue weighted by Crippen LogP contribution is -2.43. The van der Waals surface area contributed by atoms with Gasteiger partial charge >= 0.3 is 0 Å². The largest absolute Gasteiger partial charge is 0.374 e. The Hall–Kier alpha value is -2.04. The molecule has 2 atom stereocenters. The van der Waals surface area contributed by atoms with Gasteiger partial charge in [-0.1, -0.05) is 25.8 Å². The second-order valence-electron chi connectivity index (χ2n) is 6.52. The van der Waals surface area contributed by atoms with Gasteiger partial charge in [0, 0.05) is 13.0 Å². The van der Waals surface area contributed by atoms with Gasteiger partial charge < -0.3 is 16.0 Å². The minimum Gasteiger partial charge on any atom is -0.374 e. The molecule has 2 rings (SSSR count). The van der Waals surface area contributed by atoms with E-state index in [1.807, 2.05) is 25.1 Å². The molecule has 0 heterocycles. The van der Waals surface area contributed by atoms with Crippen molar-refractivity contribution < 1.29 is 9.59 Å². The van der Waals surface area contributed by atoms with Crippen molar-refractivity contribution >= 4 is 23.2 Å². The van der Waals surface area contributed by atoms with E-state index in [-0.39, 0.29) is 24.4 Å². The van der Waals surface area contributed by atoms with Crippen LogP contribution in [0.2, 0.25) is 0 Å². The number of hydrogen-bond donors (Lipinski definition) is 3. The summed E-state index contributed by atoms with van der Waals surface area (Å²) >= 11 is 0. The fourth-order valence-corrected chi connectivity index (χ4v) is 3.07. The summed E-state index contributed by atoms with van der Waals surface area (Å²) in [6.07, 6.45) is 4.69. The van der Waals surface area contributed by atoms with Gasteiger partial charge in [-0.05, 0) is 43.4 Å². The third kappa shape index (κ3) is 5.27. The van der Waals surface area contributed by atoms with Crippen molar-refractivity contribution in [3.63, 3.8) is 0 Å². The van der Waals surface area contributed by atoms with Gasteiger partial charge in [0.25, 0.3) is 0 Å². The lowest BCUT2D eigenvalue weighted by atomic mass is 9.86. The molecule has 23 heavy (non-hydrogen) atoms. The molecule has 1 aliphatic carbocycles. The van der Waals surface area contributed by atoms with Crippen LogP contribution >= 0.6 is 0 Å². The van der Waals surface area contributed by atoms with Crippen LogP contribution in [0.4, 0.5) is 11.4 Å². The Morgan fingerprint density at radius 1 is 1.17 bits per heavy atom. The van der Waals surface area contributed by atoms with E-state index in [0.29, 0.717) is 11.6 Å². The monoisotopic (exact) mass is 317 g/mol. The van der Waals surface area contributed by atoms with Gasteiger partial charge in [0.2, 0.25) is 11.8 Å². The summed E-state index contributed by atoms with van der Waals surface area (Å²) in [5.74, 6) is 0.415. The third-order valence-electron chi connectivity index (χ3n) is 4.38. The molecule has 5 heteroatoms. The van der Waals surface area contributed by atoms with E-state index >= 15 is 0 Å². The van der Waals surface area contributed by atoms with E-state index in [0.717, 1.165) is 17.7 Å². The first-order chi connectivity index (χ1) is 11.0. The predicted molar refractivity (Wildman–Crippen MR) is 93.5 cm³/mol. The fourth-order valence-electron chi connectivity index (χ4n) is 3.07. The molecule has 1 aromatic rings. The molecule has 0 unspecified atom stereocenters. The van der Waals surface area contributed by atoms with Crippen molar-refractivity contribution in [3.8, 4) is 0 Å². The van der Waals surface area contributed by atoms with Crippen LogP contribution in [-0.4, -0.2) is 24.4 Å². The number of carbonyl (C=O) groups excluding carboxylic acids is 2. The first kappa shape index (κ1) is 17.3. The second kappa shape index (κ2) is 7.99. The van der Waals surface area contributed by atoms with Crippen LogP contribution in [-0.2, 0) is 9.59 Å². The van der Waals surface area contributed by atoms with E-state index in [1.165, 1.54) is 26.2 Å². The summed E-state index contributed by atoms with van der Waals surface area (Å²) in [6.45, 7) is 5.86. The lowest BCUT2D eigenvalue weighted by molar-refractivity contribution is -0.120. The number of carbonyl (C=O) groups is 2. The highest BCUT2D eigenvalue weighted by Gasteiger charge is 2.22. The molecule has 0 aliphatic heterocycles. The zero-order valence-electron chi connectivity index (χ0n) is 14.2. The quantitative estimate of drug-likeness (QED) is 0.781. The maximum Gasteiger partial charge on any atom is 0.239 e. The molecule has 5 nitrogen and oxygen atoms in total. The van der Waals surface area contributed by atoms with Crippen molar-refractivity contribution in [2.24, 2.45) is 5.92 Å². The molecule has 0 aromatic heterocycles. The molecule has 3 N–H and O–H groups in total. The zero-order chi connectivity index (χ0) is 16.8. The van der Waals surface area contributed by atoms with Crippen LogP contribution < -0.4 is 16.0 Å². The highest BCUT2D eigenvalue weighted by atomic mass is 16.2. The molecular weight excluding hydrogens is 290 g/mol. The van der Waals surface area contributed by atoms with Gasteiger partial charge in [-0.25, -0.2) is 0 Å². The van der Waals surface area contributed by atoms with Gasteiger partial charge in [-0.15, -0.1) is 0 Å². The summed E-state index contributed by atoms with van der Waals surface area (Å²) in [4.78, 5) is 23.5. The van der Waals surface area contributed by atoms with Crippen molar-refractivity contribution in [1.29, 1.82) is 0 Å². The molecule has 0 saturated heterocycles. The smallest absolute Gasteiger partial charge is 0.239 e. The van der Waals surface area contributed by atoms with Crippen molar-refractivity contribution in [1.82, 2.24) is 5.32 Å². The molecule has 0 spiro atoms. The maximum atomic E-state index is 12.2. The highest BCUT2D eigenvalue weighted by molar-refractivity contribution is 5.93. The Kier molecular flexibility index (Phi) is 6.02. The fraction of sp³-hybridized carbons (Fsp3) is 0.556. The highest BCUT2D eigenvalue weighted by Crippen LogP contribution is 2.24. The number of aryl methyl sites for hydroxylation is 1. The molecule has 126 valence electrons.